The van der Waals surface area contributed by atoms with E-state index in [0.29, 0.717) is 53.6 Å². The molecule has 11 nitrogen and oxygen atoms in total. The standard InChI is InChI=1S/C37H45FN2O9S/c1-21-16-27-26-8-7-22-17-23(42)11-13-34(22,2)36(26,38)30(18-35(27,3)37(21,46)29(43)19-41)49-32(45)10-9-31(44)48-20-25-24-6-5-14-40(47)33(24)39(4)28(25)12-15-50/h5-6,11,13-14,17,21,26-27,30,41,46,50H,7-10,12,15-16,18-20H2,1-4H3/t21-,26+,27+,30+,34+,35+,36+,37+/m1/s1. The van der Waals surface area contributed by atoms with Crippen LogP contribution in [0.3, 0.4) is 0 Å². The van der Waals surface area contributed by atoms with Crippen LogP contribution in [0.15, 0.2) is 42.1 Å². The summed E-state index contributed by atoms with van der Waals surface area (Å²) in [5, 5.41) is 35.0. The zero-order valence-corrected chi connectivity index (χ0v) is 29.7. The number of alkyl halides is 1. The number of nitrogens with zero attached hydrogens (tertiary/aromatic N) is 2. The van der Waals surface area contributed by atoms with Crippen molar-refractivity contribution in [3.63, 3.8) is 0 Å². The number of aliphatic hydroxyl groups is 2. The molecule has 0 radical (unpaired) electrons. The number of hydrogen-bond acceptors (Lipinski definition) is 10. The Morgan fingerprint density at radius 1 is 1.20 bits per heavy atom. The molecule has 50 heavy (non-hydrogen) atoms. The molecule has 4 aliphatic rings. The highest BCUT2D eigenvalue weighted by Gasteiger charge is 2.76. The van der Waals surface area contributed by atoms with E-state index < -0.39 is 76.7 Å². The molecule has 4 aliphatic carbocycles. The van der Waals surface area contributed by atoms with Gasteiger partial charge in [-0.05, 0) is 74.5 Å². The second-order valence-corrected chi connectivity index (χ2v) is 15.3. The van der Waals surface area contributed by atoms with Crippen LogP contribution in [-0.2, 0) is 48.7 Å². The minimum absolute atomic E-state index is 0.135. The van der Waals surface area contributed by atoms with Gasteiger partial charge in [-0.3, -0.25) is 19.2 Å². The monoisotopic (exact) mass is 712 g/mol. The topological polar surface area (TPSA) is 159 Å². The molecule has 0 aromatic carbocycles. The lowest BCUT2D eigenvalue weighted by Gasteiger charge is -2.63. The third-order valence-corrected chi connectivity index (χ3v) is 12.9. The van der Waals surface area contributed by atoms with Crippen LogP contribution in [-0.4, -0.2) is 68.0 Å². The van der Waals surface area contributed by atoms with Gasteiger partial charge in [0, 0.05) is 28.7 Å². The Morgan fingerprint density at radius 3 is 2.62 bits per heavy atom. The number of carbonyl (C=O) groups is 4. The largest absolute Gasteiger partial charge is 0.711 e. The molecule has 0 spiro atoms. The summed E-state index contributed by atoms with van der Waals surface area (Å²) in [4.78, 5) is 51.9. The molecule has 0 saturated heterocycles. The van der Waals surface area contributed by atoms with Gasteiger partial charge in [-0.2, -0.15) is 12.6 Å². The smallest absolute Gasteiger partial charge is 0.306 e. The van der Waals surface area contributed by atoms with Crippen LogP contribution in [0, 0.1) is 33.8 Å². The fourth-order valence-corrected chi connectivity index (χ4v) is 10.3. The molecule has 0 unspecified atom stereocenters. The molecular weight excluding hydrogens is 667 g/mol. The summed E-state index contributed by atoms with van der Waals surface area (Å²) < 4.78 is 32.3. The molecule has 0 amide bonds. The Hall–Kier alpha value is -3.55. The Balaban J connectivity index is 1.23. The minimum Gasteiger partial charge on any atom is -0.711 e. The Morgan fingerprint density at radius 2 is 1.92 bits per heavy atom. The molecule has 270 valence electrons. The molecule has 8 atom stereocenters. The number of aromatic nitrogens is 2. The maximum Gasteiger partial charge on any atom is 0.306 e. The molecule has 2 aromatic heterocycles. The number of thiol groups is 1. The SMILES string of the molecule is C[C@@H]1C[C@H]2[C@@H]3CCC4=CC(=O)C=C[C@]4(C)[C@@]3(F)[C@@H](OC(=O)CCC(=O)OCc3c(CCS)n(C)c4c3ccc[n+]4[O-])C[C@]2(C)[C@@]1(O)C(=O)CO. The summed E-state index contributed by atoms with van der Waals surface area (Å²) >= 11 is 4.33. The van der Waals surface area contributed by atoms with Crippen LogP contribution >= 0.6 is 12.6 Å². The van der Waals surface area contributed by atoms with Gasteiger partial charge < -0.3 is 24.9 Å². The van der Waals surface area contributed by atoms with E-state index in [9.17, 15) is 34.6 Å². The van der Waals surface area contributed by atoms with Crippen LogP contribution in [0.5, 0.6) is 0 Å². The first-order valence-electron chi connectivity index (χ1n) is 17.2. The van der Waals surface area contributed by atoms with E-state index in [1.165, 1.54) is 18.3 Å². The van der Waals surface area contributed by atoms with Gasteiger partial charge in [-0.15, -0.1) is 0 Å². The van der Waals surface area contributed by atoms with Crippen molar-refractivity contribution in [2.75, 3.05) is 12.4 Å². The number of ether oxygens (including phenoxy) is 2. The summed E-state index contributed by atoms with van der Waals surface area (Å²) in [6.45, 7) is 4.11. The molecule has 3 saturated carbocycles. The van der Waals surface area contributed by atoms with Crippen molar-refractivity contribution >= 4 is 47.2 Å². The van der Waals surface area contributed by atoms with Crippen molar-refractivity contribution in [1.82, 2.24) is 4.57 Å². The number of fused-ring (bicyclic) bond motifs is 6. The van der Waals surface area contributed by atoms with Crippen molar-refractivity contribution in [2.45, 2.75) is 89.7 Å². The Labute approximate surface area is 295 Å². The molecule has 0 aliphatic heterocycles. The predicted molar refractivity (Wildman–Crippen MR) is 182 cm³/mol. The number of aliphatic hydroxyl groups excluding tert-OH is 1. The summed E-state index contributed by atoms with van der Waals surface area (Å²) in [5.41, 5.74) is -4.24. The highest BCUT2D eigenvalue weighted by molar-refractivity contribution is 7.80. The van der Waals surface area contributed by atoms with Gasteiger partial charge in [0.25, 0.3) is 5.65 Å². The fraction of sp³-hybridized carbons (Fsp3) is 0.595. The van der Waals surface area contributed by atoms with Crippen LogP contribution in [0.25, 0.3) is 11.0 Å². The van der Waals surface area contributed by atoms with Crippen LogP contribution in [0.4, 0.5) is 4.39 Å². The maximum atomic E-state index is 18.3. The van der Waals surface area contributed by atoms with E-state index in [2.05, 4.69) is 12.6 Å². The first kappa shape index (κ1) is 36.2. The summed E-state index contributed by atoms with van der Waals surface area (Å²) in [6, 6.07) is 3.38. The lowest BCUT2D eigenvalue weighted by molar-refractivity contribution is -0.580. The number of aryl methyl sites for hydroxylation is 1. The van der Waals surface area contributed by atoms with Crippen molar-refractivity contribution in [3.8, 4) is 0 Å². The van der Waals surface area contributed by atoms with Crippen molar-refractivity contribution in [2.24, 2.45) is 35.6 Å². The van der Waals surface area contributed by atoms with Gasteiger partial charge in [-0.25, -0.2) is 13.7 Å². The average Bonchev–Trinajstić information content (AvgIpc) is 3.46. The van der Waals surface area contributed by atoms with Gasteiger partial charge in [0.2, 0.25) is 0 Å². The van der Waals surface area contributed by atoms with E-state index >= 15 is 4.39 Å². The summed E-state index contributed by atoms with van der Waals surface area (Å²) in [7, 11) is 1.76. The summed E-state index contributed by atoms with van der Waals surface area (Å²) in [5.74, 6) is -3.86. The molecule has 2 aromatic rings. The normalized spacial score (nSPS) is 34.5. The van der Waals surface area contributed by atoms with Gasteiger partial charge >= 0.3 is 11.9 Å². The quantitative estimate of drug-likeness (QED) is 0.145. The highest BCUT2D eigenvalue weighted by Crippen LogP contribution is 2.71. The third-order valence-electron chi connectivity index (χ3n) is 12.6. The molecular formula is C37H45FN2O9S. The summed E-state index contributed by atoms with van der Waals surface area (Å²) in [6.07, 6.45) is 4.88. The second-order valence-electron chi connectivity index (χ2n) is 14.9. The predicted octanol–water partition coefficient (Wildman–Crippen LogP) is 3.57. The maximum absolute atomic E-state index is 18.3. The molecule has 2 heterocycles. The first-order chi connectivity index (χ1) is 23.6. The number of hydrogen-bond donors (Lipinski definition) is 3. The Bertz CT molecular complexity index is 1820. The van der Waals surface area contributed by atoms with Gasteiger partial charge in [0.05, 0.1) is 31.5 Å². The number of halogens is 1. The number of carbonyl (C=O) groups excluding carboxylic acids is 4. The molecule has 6 rings (SSSR count). The van der Waals surface area contributed by atoms with Crippen molar-refractivity contribution < 1.29 is 48.0 Å². The van der Waals surface area contributed by atoms with Gasteiger partial charge in [0.1, 0.15) is 30.6 Å². The van der Waals surface area contributed by atoms with Crippen LogP contribution in [0.2, 0.25) is 0 Å². The molecule has 13 heteroatoms. The number of pyridine rings is 1. The molecule has 2 N–H and O–H groups in total. The lowest BCUT2D eigenvalue weighted by Crippen LogP contribution is -2.70. The van der Waals surface area contributed by atoms with Crippen LogP contribution in [0.1, 0.15) is 70.6 Å². The molecule has 0 bridgehead atoms. The first-order valence-corrected chi connectivity index (χ1v) is 17.9. The van der Waals surface area contributed by atoms with Gasteiger partial charge in [0.15, 0.2) is 17.2 Å². The zero-order chi connectivity index (χ0) is 36.4. The molecule has 3 fully saturated rings. The van der Waals surface area contributed by atoms with Crippen LogP contribution < -0.4 is 4.73 Å². The van der Waals surface area contributed by atoms with E-state index in [0.717, 1.165) is 10.4 Å². The number of Topliss-reactive ketones (excluding diaryl/α,β-unsaturated/α-hetero) is 1. The fourth-order valence-electron chi connectivity index (χ4n) is 10.1. The highest BCUT2D eigenvalue weighted by atomic mass is 32.1. The van der Waals surface area contributed by atoms with Crippen molar-refractivity contribution in [1.29, 1.82) is 0 Å². The third kappa shape index (κ3) is 5.17. The number of esters is 2. The second kappa shape index (κ2) is 12.9. The Kier molecular flexibility index (Phi) is 9.35. The van der Waals surface area contributed by atoms with E-state index in [4.69, 9.17) is 9.47 Å². The zero-order valence-electron chi connectivity index (χ0n) is 28.8. The van der Waals surface area contributed by atoms with Crippen molar-refractivity contribution in [3.05, 3.63) is 58.6 Å². The van der Waals surface area contributed by atoms with Gasteiger partial charge in [-0.1, -0.05) is 25.5 Å². The number of allylic oxidation sites excluding steroid dienone is 4. The minimum atomic E-state index is -2.20. The average molecular weight is 713 g/mol. The number of rotatable bonds is 10. The van der Waals surface area contributed by atoms with E-state index in [-0.39, 0.29) is 25.2 Å². The van der Waals surface area contributed by atoms with E-state index in [1.54, 1.807) is 50.6 Å². The lowest BCUT2D eigenvalue weighted by atomic mass is 9.44. The number of ketones is 2. The van der Waals surface area contributed by atoms with E-state index in [1.807, 2.05) is 0 Å².